The number of hydrogen-bond donors (Lipinski definition) is 1. The largest absolute Gasteiger partial charge is 0.477 e. The minimum atomic E-state index is -0.206. The zero-order valence-corrected chi connectivity index (χ0v) is 15.9. The Labute approximate surface area is 165 Å². The normalized spacial score (nSPS) is 10.5. The number of nitrogens with zero attached hydrogens (tertiary/aromatic N) is 1. The number of nitrogens with one attached hydrogen (secondary N) is 1. The van der Waals surface area contributed by atoms with Gasteiger partial charge >= 0.3 is 0 Å². The van der Waals surface area contributed by atoms with Gasteiger partial charge in [0.25, 0.3) is 5.91 Å². The molecule has 0 unspecified atom stereocenters. The molecule has 0 fully saturated rings. The van der Waals surface area contributed by atoms with Crippen molar-refractivity contribution in [3.05, 3.63) is 95.2 Å². The fourth-order valence-corrected chi connectivity index (χ4v) is 2.78. The molecule has 0 aliphatic carbocycles. The lowest BCUT2D eigenvalue weighted by atomic mass is 10.1. The third kappa shape index (κ3) is 5.66. The fourth-order valence-electron chi connectivity index (χ4n) is 2.78. The first-order valence-corrected chi connectivity index (χ1v) is 9.31. The minimum Gasteiger partial charge on any atom is -0.477 e. The Bertz CT molecular complexity index is 897. The van der Waals surface area contributed by atoms with E-state index in [1.54, 1.807) is 18.3 Å². The van der Waals surface area contributed by atoms with Gasteiger partial charge < -0.3 is 14.8 Å². The Balaban J connectivity index is 1.54. The molecule has 2 aromatic carbocycles. The van der Waals surface area contributed by atoms with E-state index in [9.17, 15) is 4.79 Å². The summed E-state index contributed by atoms with van der Waals surface area (Å²) >= 11 is 0. The number of rotatable bonds is 9. The van der Waals surface area contributed by atoms with Crippen LogP contribution < -0.4 is 10.1 Å². The molecule has 144 valence electrons. The first-order chi connectivity index (χ1) is 13.8. The minimum absolute atomic E-state index is 0.206. The van der Waals surface area contributed by atoms with Crippen molar-refractivity contribution in [3.8, 4) is 5.88 Å². The van der Waals surface area contributed by atoms with Crippen LogP contribution in [0.25, 0.3) is 0 Å². The lowest BCUT2D eigenvalue weighted by Gasteiger charge is -2.10. The monoisotopic (exact) mass is 376 g/mol. The Kier molecular flexibility index (Phi) is 7.15. The number of carbonyl (C=O) groups is 1. The van der Waals surface area contributed by atoms with Crippen LogP contribution >= 0.6 is 0 Å². The van der Waals surface area contributed by atoms with E-state index in [-0.39, 0.29) is 5.91 Å². The van der Waals surface area contributed by atoms with Crippen molar-refractivity contribution in [2.45, 2.75) is 26.7 Å². The topological polar surface area (TPSA) is 60.5 Å². The van der Waals surface area contributed by atoms with Crippen LogP contribution in [0.1, 0.15) is 34.0 Å². The zero-order chi connectivity index (χ0) is 19.6. The Hall–Kier alpha value is -3.18. The van der Waals surface area contributed by atoms with Crippen molar-refractivity contribution in [1.29, 1.82) is 0 Å². The van der Waals surface area contributed by atoms with E-state index in [1.165, 1.54) is 0 Å². The highest BCUT2D eigenvalue weighted by molar-refractivity contribution is 5.96. The maximum atomic E-state index is 12.5. The van der Waals surface area contributed by atoms with Crippen molar-refractivity contribution in [3.63, 3.8) is 0 Å². The average Bonchev–Trinajstić information content (AvgIpc) is 2.74. The Morgan fingerprint density at radius 3 is 2.50 bits per heavy atom. The second-order valence-corrected chi connectivity index (χ2v) is 6.27. The number of ether oxygens (including phenoxy) is 2. The molecule has 0 aliphatic heterocycles. The summed E-state index contributed by atoms with van der Waals surface area (Å²) in [5, 5.41) is 2.92. The van der Waals surface area contributed by atoms with Gasteiger partial charge in [0.1, 0.15) is 5.56 Å². The molecular formula is C23H24N2O3. The van der Waals surface area contributed by atoms with E-state index < -0.39 is 0 Å². The first-order valence-electron chi connectivity index (χ1n) is 9.31. The van der Waals surface area contributed by atoms with Gasteiger partial charge in [0, 0.05) is 12.7 Å². The fraction of sp³-hybridized carbons (Fsp3) is 0.217. The molecule has 0 radical (unpaired) electrons. The number of benzene rings is 2. The molecule has 5 nitrogen and oxygen atoms in total. The van der Waals surface area contributed by atoms with E-state index in [1.807, 2.05) is 61.5 Å². The predicted octanol–water partition coefficient (Wildman–Crippen LogP) is 4.13. The highest BCUT2D eigenvalue weighted by Crippen LogP contribution is 2.15. The molecule has 0 atom stereocenters. The summed E-state index contributed by atoms with van der Waals surface area (Å²) in [6, 6.07) is 21.5. The molecule has 1 heterocycles. The molecule has 5 heteroatoms. The molecule has 0 spiro atoms. The molecular weight excluding hydrogens is 352 g/mol. The molecule has 1 aromatic heterocycles. The van der Waals surface area contributed by atoms with E-state index in [0.29, 0.717) is 37.8 Å². The first kappa shape index (κ1) is 19.6. The second kappa shape index (κ2) is 10.2. The molecule has 0 bridgehead atoms. The summed E-state index contributed by atoms with van der Waals surface area (Å²) in [6.45, 7) is 3.84. The van der Waals surface area contributed by atoms with Gasteiger partial charge in [-0.3, -0.25) is 4.79 Å². The number of carbonyl (C=O) groups excluding carboxylic acids is 1. The van der Waals surface area contributed by atoms with Gasteiger partial charge in [0.15, 0.2) is 0 Å². The maximum Gasteiger partial charge on any atom is 0.257 e. The molecule has 28 heavy (non-hydrogen) atoms. The summed E-state index contributed by atoms with van der Waals surface area (Å²) in [4.78, 5) is 16.6. The van der Waals surface area contributed by atoms with Gasteiger partial charge in [-0.25, -0.2) is 4.98 Å². The van der Waals surface area contributed by atoms with Gasteiger partial charge in [-0.2, -0.15) is 0 Å². The lowest BCUT2D eigenvalue weighted by molar-refractivity contribution is 0.0946. The van der Waals surface area contributed by atoms with Crippen molar-refractivity contribution in [1.82, 2.24) is 10.3 Å². The van der Waals surface area contributed by atoms with E-state index >= 15 is 0 Å². The summed E-state index contributed by atoms with van der Waals surface area (Å²) in [6.07, 6.45) is 1.61. The second-order valence-electron chi connectivity index (χ2n) is 6.27. The molecule has 1 N–H and O–H groups in total. The van der Waals surface area contributed by atoms with Crippen LogP contribution in [-0.4, -0.2) is 17.5 Å². The maximum absolute atomic E-state index is 12.5. The Morgan fingerprint density at radius 2 is 1.68 bits per heavy atom. The third-order valence-electron chi connectivity index (χ3n) is 4.12. The number of hydrogen-bond acceptors (Lipinski definition) is 4. The molecule has 3 aromatic rings. The zero-order valence-electron chi connectivity index (χ0n) is 15.9. The lowest BCUT2D eigenvalue weighted by Crippen LogP contribution is -2.23. The van der Waals surface area contributed by atoms with Crippen LogP contribution in [0.2, 0.25) is 0 Å². The van der Waals surface area contributed by atoms with Gasteiger partial charge in [-0.15, -0.1) is 0 Å². The third-order valence-corrected chi connectivity index (χ3v) is 4.12. The summed E-state index contributed by atoms with van der Waals surface area (Å²) in [5.74, 6) is 0.146. The molecule has 3 rings (SSSR count). The van der Waals surface area contributed by atoms with Crippen LogP contribution in [0.5, 0.6) is 5.88 Å². The molecule has 1 amide bonds. The van der Waals surface area contributed by atoms with Gasteiger partial charge in [-0.1, -0.05) is 54.6 Å². The van der Waals surface area contributed by atoms with Crippen LogP contribution in [0.15, 0.2) is 72.9 Å². The number of amides is 1. The van der Waals surface area contributed by atoms with E-state index in [4.69, 9.17) is 9.47 Å². The highest BCUT2D eigenvalue weighted by atomic mass is 16.5. The van der Waals surface area contributed by atoms with Crippen LogP contribution in [0.4, 0.5) is 0 Å². The smallest absolute Gasteiger partial charge is 0.257 e. The quantitative estimate of drug-likeness (QED) is 0.610. The van der Waals surface area contributed by atoms with Gasteiger partial charge in [0.2, 0.25) is 5.88 Å². The van der Waals surface area contributed by atoms with Gasteiger partial charge in [0.05, 0.1) is 19.8 Å². The van der Waals surface area contributed by atoms with E-state index in [2.05, 4.69) is 10.3 Å². The van der Waals surface area contributed by atoms with Gasteiger partial charge in [-0.05, 0) is 35.7 Å². The van der Waals surface area contributed by atoms with Crippen molar-refractivity contribution in [2.75, 3.05) is 6.61 Å². The van der Waals surface area contributed by atoms with Crippen molar-refractivity contribution >= 4 is 5.91 Å². The number of pyridine rings is 1. The summed E-state index contributed by atoms with van der Waals surface area (Å²) < 4.78 is 11.2. The average molecular weight is 376 g/mol. The highest BCUT2D eigenvalue weighted by Gasteiger charge is 2.12. The van der Waals surface area contributed by atoms with E-state index in [0.717, 1.165) is 16.7 Å². The van der Waals surface area contributed by atoms with Crippen LogP contribution in [0.3, 0.4) is 0 Å². The molecule has 0 aliphatic rings. The van der Waals surface area contributed by atoms with Crippen LogP contribution in [0, 0.1) is 0 Å². The number of aromatic nitrogens is 1. The molecule has 0 saturated heterocycles. The Morgan fingerprint density at radius 1 is 0.929 bits per heavy atom. The standard InChI is InChI=1S/C23H24N2O3/c1-2-28-23-21(12-7-13-24-23)22(26)25-15-19-10-6-11-20(14-19)17-27-16-18-8-4-3-5-9-18/h3-14H,2,15-17H2,1H3,(H,25,26). The van der Waals surface area contributed by atoms with Crippen molar-refractivity contribution < 1.29 is 14.3 Å². The SMILES string of the molecule is CCOc1ncccc1C(=O)NCc1cccc(COCc2ccccc2)c1. The predicted molar refractivity (Wildman–Crippen MR) is 108 cm³/mol. The van der Waals surface area contributed by atoms with Crippen molar-refractivity contribution in [2.24, 2.45) is 0 Å². The molecule has 0 saturated carbocycles. The summed E-state index contributed by atoms with van der Waals surface area (Å²) in [5.41, 5.74) is 3.66. The summed E-state index contributed by atoms with van der Waals surface area (Å²) in [7, 11) is 0. The van der Waals surface area contributed by atoms with Crippen LogP contribution in [-0.2, 0) is 24.5 Å².